The van der Waals surface area contributed by atoms with Crippen molar-refractivity contribution in [1.82, 2.24) is 15.3 Å². The SMILES string of the molecule is CCNC(=O)CCNc1nc(CC)nc(NCC)c1C. The van der Waals surface area contributed by atoms with Crippen molar-refractivity contribution >= 4 is 17.5 Å². The van der Waals surface area contributed by atoms with Gasteiger partial charge in [-0.05, 0) is 20.8 Å². The van der Waals surface area contributed by atoms with Crippen LogP contribution in [0.2, 0.25) is 0 Å². The maximum Gasteiger partial charge on any atom is 0.221 e. The summed E-state index contributed by atoms with van der Waals surface area (Å²) >= 11 is 0. The van der Waals surface area contributed by atoms with Gasteiger partial charge < -0.3 is 16.0 Å². The third-order valence-electron chi connectivity index (χ3n) is 2.87. The lowest BCUT2D eigenvalue weighted by atomic mass is 10.2. The van der Waals surface area contributed by atoms with E-state index in [1.807, 2.05) is 27.7 Å². The number of rotatable bonds is 8. The van der Waals surface area contributed by atoms with Gasteiger partial charge in [0.25, 0.3) is 0 Å². The molecule has 112 valence electrons. The molecule has 0 aliphatic heterocycles. The molecule has 6 heteroatoms. The summed E-state index contributed by atoms with van der Waals surface area (Å²) in [7, 11) is 0. The van der Waals surface area contributed by atoms with Crippen LogP contribution in [-0.4, -0.2) is 35.5 Å². The van der Waals surface area contributed by atoms with Crippen molar-refractivity contribution in [3.8, 4) is 0 Å². The monoisotopic (exact) mass is 279 g/mol. The highest BCUT2D eigenvalue weighted by molar-refractivity contribution is 5.76. The molecular formula is C14H25N5O. The second-order valence-electron chi connectivity index (χ2n) is 4.48. The van der Waals surface area contributed by atoms with Crippen molar-refractivity contribution in [2.24, 2.45) is 0 Å². The molecule has 0 spiro atoms. The summed E-state index contributed by atoms with van der Waals surface area (Å²) in [5.74, 6) is 2.51. The van der Waals surface area contributed by atoms with Crippen LogP contribution in [0.5, 0.6) is 0 Å². The molecule has 20 heavy (non-hydrogen) atoms. The Kier molecular flexibility index (Phi) is 6.76. The normalized spacial score (nSPS) is 10.2. The number of aromatic nitrogens is 2. The molecule has 0 unspecified atom stereocenters. The van der Waals surface area contributed by atoms with Gasteiger partial charge in [-0.25, -0.2) is 9.97 Å². The minimum atomic E-state index is 0.0503. The second kappa shape index (κ2) is 8.35. The van der Waals surface area contributed by atoms with E-state index in [9.17, 15) is 4.79 Å². The Balaban J connectivity index is 2.72. The molecule has 1 rings (SSSR count). The van der Waals surface area contributed by atoms with E-state index in [0.717, 1.165) is 36.0 Å². The van der Waals surface area contributed by atoms with E-state index in [2.05, 4.69) is 25.9 Å². The van der Waals surface area contributed by atoms with Gasteiger partial charge in [0.1, 0.15) is 17.5 Å². The fraction of sp³-hybridized carbons (Fsp3) is 0.643. The van der Waals surface area contributed by atoms with Crippen molar-refractivity contribution in [2.75, 3.05) is 30.3 Å². The molecule has 0 aromatic carbocycles. The quantitative estimate of drug-likeness (QED) is 0.675. The molecule has 0 atom stereocenters. The van der Waals surface area contributed by atoms with Crippen LogP contribution in [0.3, 0.4) is 0 Å². The van der Waals surface area contributed by atoms with Crippen LogP contribution in [0.25, 0.3) is 0 Å². The third-order valence-corrected chi connectivity index (χ3v) is 2.87. The first-order valence-electron chi connectivity index (χ1n) is 7.24. The number of hydrogen-bond acceptors (Lipinski definition) is 5. The first-order valence-corrected chi connectivity index (χ1v) is 7.24. The number of nitrogens with one attached hydrogen (secondary N) is 3. The number of carbonyl (C=O) groups is 1. The van der Waals surface area contributed by atoms with Crippen molar-refractivity contribution in [1.29, 1.82) is 0 Å². The van der Waals surface area contributed by atoms with E-state index in [4.69, 9.17) is 0 Å². The van der Waals surface area contributed by atoms with Gasteiger partial charge in [-0.2, -0.15) is 0 Å². The van der Waals surface area contributed by atoms with Crippen molar-refractivity contribution in [3.05, 3.63) is 11.4 Å². The lowest BCUT2D eigenvalue weighted by Crippen LogP contribution is -2.25. The standard InChI is InChI=1S/C14H25N5O/c1-5-11-18-13(16-7-3)10(4)14(19-11)17-9-8-12(20)15-6-2/h5-9H2,1-4H3,(H,15,20)(H2,16,17,18,19). The second-order valence-corrected chi connectivity index (χ2v) is 4.48. The van der Waals surface area contributed by atoms with E-state index < -0.39 is 0 Å². The Hall–Kier alpha value is -1.85. The van der Waals surface area contributed by atoms with Gasteiger partial charge in [0.2, 0.25) is 5.91 Å². The summed E-state index contributed by atoms with van der Waals surface area (Å²) in [6.45, 7) is 10.0. The van der Waals surface area contributed by atoms with Gasteiger partial charge >= 0.3 is 0 Å². The molecule has 0 saturated carbocycles. The zero-order valence-electron chi connectivity index (χ0n) is 12.8. The largest absolute Gasteiger partial charge is 0.370 e. The van der Waals surface area contributed by atoms with Gasteiger partial charge in [-0.3, -0.25) is 4.79 Å². The number of hydrogen-bond donors (Lipinski definition) is 3. The topological polar surface area (TPSA) is 78.9 Å². The van der Waals surface area contributed by atoms with Crippen LogP contribution in [0.4, 0.5) is 11.6 Å². The summed E-state index contributed by atoms with van der Waals surface area (Å²) < 4.78 is 0. The summed E-state index contributed by atoms with van der Waals surface area (Å²) in [6.07, 6.45) is 1.22. The van der Waals surface area contributed by atoms with Gasteiger partial charge in [-0.1, -0.05) is 6.92 Å². The smallest absolute Gasteiger partial charge is 0.221 e. The fourth-order valence-corrected chi connectivity index (χ4v) is 1.81. The zero-order valence-corrected chi connectivity index (χ0v) is 12.8. The molecule has 0 saturated heterocycles. The molecule has 0 aliphatic rings. The molecule has 0 bridgehead atoms. The molecule has 1 amide bonds. The predicted molar refractivity (Wildman–Crippen MR) is 82.1 cm³/mol. The molecule has 3 N–H and O–H groups in total. The summed E-state index contributed by atoms with van der Waals surface area (Å²) in [5, 5.41) is 9.24. The number of aryl methyl sites for hydroxylation is 1. The highest BCUT2D eigenvalue weighted by Crippen LogP contribution is 2.20. The lowest BCUT2D eigenvalue weighted by molar-refractivity contribution is -0.120. The highest BCUT2D eigenvalue weighted by Gasteiger charge is 2.09. The molecule has 0 radical (unpaired) electrons. The molecule has 6 nitrogen and oxygen atoms in total. The molecule has 0 fully saturated rings. The van der Waals surface area contributed by atoms with Crippen LogP contribution in [0.1, 0.15) is 38.6 Å². The van der Waals surface area contributed by atoms with Crippen LogP contribution >= 0.6 is 0 Å². The Morgan fingerprint density at radius 3 is 2.25 bits per heavy atom. The molecule has 1 aromatic heterocycles. The Morgan fingerprint density at radius 1 is 1.05 bits per heavy atom. The Labute approximate surface area is 120 Å². The number of amides is 1. The molecule has 1 aromatic rings. The number of anilines is 2. The van der Waals surface area contributed by atoms with Gasteiger partial charge in [-0.15, -0.1) is 0 Å². The lowest BCUT2D eigenvalue weighted by Gasteiger charge is -2.14. The first-order chi connectivity index (χ1) is 9.62. The zero-order chi connectivity index (χ0) is 15.0. The Morgan fingerprint density at radius 2 is 1.70 bits per heavy atom. The number of carbonyl (C=O) groups excluding carboxylic acids is 1. The highest BCUT2D eigenvalue weighted by atomic mass is 16.1. The summed E-state index contributed by atoms with van der Waals surface area (Å²) in [4.78, 5) is 20.4. The maximum absolute atomic E-state index is 11.4. The van der Waals surface area contributed by atoms with Crippen molar-refractivity contribution in [2.45, 2.75) is 40.5 Å². The van der Waals surface area contributed by atoms with Crippen LogP contribution in [0.15, 0.2) is 0 Å². The van der Waals surface area contributed by atoms with Gasteiger partial charge in [0.15, 0.2) is 0 Å². The fourth-order valence-electron chi connectivity index (χ4n) is 1.81. The van der Waals surface area contributed by atoms with Crippen LogP contribution < -0.4 is 16.0 Å². The average Bonchev–Trinajstić information content (AvgIpc) is 2.43. The van der Waals surface area contributed by atoms with Crippen LogP contribution in [0, 0.1) is 6.92 Å². The van der Waals surface area contributed by atoms with E-state index in [0.29, 0.717) is 19.5 Å². The molecular weight excluding hydrogens is 254 g/mol. The molecule has 1 heterocycles. The van der Waals surface area contributed by atoms with E-state index in [1.165, 1.54) is 0 Å². The van der Waals surface area contributed by atoms with Gasteiger partial charge in [0, 0.05) is 38.0 Å². The minimum absolute atomic E-state index is 0.0503. The molecule has 0 aliphatic carbocycles. The predicted octanol–water partition coefficient (Wildman–Crippen LogP) is 1.72. The number of nitrogens with zero attached hydrogens (tertiary/aromatic N) is 2. The van der Waals surface area contributed by atoms with E-state index in [1.54, 1.807) is 0 Å². The van der Waals surface area contributed by atoms with Crippen LogP contribution in [-0.2, 0) is 11.2 Å². The summed E-state index contributed by atoms with van der Waals surface area (Å²) in [5.41, 5.74) is 0.986. The van der Waals surface area contributed by atoms with Crippen molar-refractivity contribution < 1.29 is 4.79 Å². The third kappa shape index (κ3) is 4.68. The van der Waals surface area contributed by atoms with E-state index >= 15 is 0 Å². The van der Waals surface area contributed by atoms with Crippen molar-refractivity contribution in [3.63, 3.8) is 0 Å². The average molecular weight is 279 g/mol. The summed E-state index contributed by atoms with van der Waals surface area (Å²) in [6, 6.07) is 0. The minimum Gasteiger partial charge on any atom is -0.370 e. The Bertz CT molecular complexity index is 447. The van der Waals surface area contributed by atoms with Gasteiger partial charge in [0.05, 0.1) is 0 Å². The van der Waals surface area contributed by atoms with E-state index in [-0.39, 0.29) is 5.91 Å². The maximum atomic E-state index is 11.4. The first kappa shape index (κ1) is 16.2.